The van der Waals surface area contributed by atoms with Gasteiger partial charge in [0.2, 0.25) is 0 Å². The summed E-state index contributed by atoms with van der Waals surface area (Å²) in [5.74, 6) is 0. The number of aromatic nitrogens is 2. The molecule has 100 valence electrons. The van der Waals surface area contributed by atoms with Gasteiger partial charge in [-0.1, -0.05) is 17.7 Å². The van der Waals surface area contributed by atoms with Gasteiger partial charge in [0.25, 0.3) is 0 Å². The molecule has 0 unspecified atom stereocenters. The van der Waals surface area contributed by atoms with E-state index in [-0.39, 0.29) is 0 Å². The molecule has 1 aliphatic heterocycles. The van der Waals surface area contributed by atoms with Crippen LogP contribution in [0.3, 0.4) is 0 Å². The Kier molecular flexibility index (Phi) is 3.82. The molecule has 1 N–H and O–H groups in total. The summed E-state index contributed by atoms with van der Waals surface area (Å²) < 4.78 is 1.79. The number of rotatable bonds is 3. The monoisotopic (exact) mass is 276 g/mol. The van der Waals surface area contributed by atoms with Crippen molar-refractivity contribution in [2.75, 3.05) is 26.2 Å². The molecule has 0 aliphatic carbocycles. The van der Waals surface area contributed by atoms with Gasteiger partial charge in [-0.2, -0.15) is 5.10 Å². The van der Waals surface area contributed by atoms with Gasteiger partial charge in [0, 0.05) is 45.1 Å². The molecule has 4 nitrogen and oxygen atoms in total. The summed E-state index contributed by atoms with van der Waals surface area (Å²) in [5, 5.41) is 8.31. The van der Waals surface area contributed by atoms with E-state index in [1.54, 1.807) is 10.9 Å². The van der Waals surface area contributed by atoms with Gasteiger partial charge in [-0.3, -0.25) is 4.90 Å². The van der Waals surface area contributed by atoms with E-state index in [4.69, 9.17) is 11.6 Å². The maximum Gasteiger partial charge on any atom is 0.0831 e. The van der Waals surface area contributed by atoms with E-state index in [1.165, 1.54) is 5.56 Å². The summed E-state index contributed by atoms with van der Waals surface area (Å²) >= 11 is 6.35. The highest BCUT2D eigenvalue weighted by atomic mass is 35.5. The van der Waals surface area contributed by atoms with Gasteiger partial charge in [-0.05, 0) is 23.8 Å². The average molecular weight is 277 g/mol. The SMILES string of the molecule is Clc1cc(CN2CCNCC2)ccc1-n1cccn1. The van der Waals surface area contributed by atoms with Gasteiger partial charge in [0.15, 0.2) is 0 Å². The standard InChI is InChI=1S/C14H17ClN4/c15-13-10-12(11-18-8-5-16-6-9-18)2-3-14(13)19-7-1-4-17-19/h1-4,7,10,16H,5-6,8-9,11H2. The van der Waals surface area contributed by atoms with E-state index in [1.807, 2.05) is 24.4 Å². The molecular formula is C14H17ClN4. The first-order valence-corrected chi connectivity index (χ1v) is 6.92. The zero-order valence-electron chi connectivity index (χ0n) is 10.7. The molecule has 0 atom stereocenters. The molecule has 5 heteroatoms. The van der Waals surface area contributed by atoms with Crippen LogP contribution in [0.5, 0.6) is 0 Å². The molecule has 0 radical (unpaired) electrons. The fraction of sp³-hybridized carbons (Fsp3) is 0.357. The molecule has 2 aromatic rings. The highest BCUT2D eigenvalue weighted by Crippen LogP contribution is 2.22. The fourth-order valence-electron chi connectivity index (χ4n) is 2.37. The van der Waals surface area contributed by atoms with Crippen LogP contribution in [0.15, 0.2) is 36.7 Å². The van der Waals surface area contributed by atoms with Crippen LogP contribution in [0, 0.1) is 0 Å². The van der Waals surface area contributed by atoms with Crippen LogP contribution >= 0.6 is 11.6 Å². The number of halogens is 1. The normalized spacial score (nSPS) is 16.7. The summed E-state index contributed by atoms with van der Waals surface area (Å²) in [6.07, 6.45) is 3.65. The van der Waals surface area contributed by atoms with Crippen LogP contribution in [0.4, 0.5) is 0 Å². The Morgan fingerprint density at radius 1 is 1.26 bits per heavy atom. The number of piperazine rings is 1. The minimum absolute atomic E-state index is 0.747. The van der Waals surface area contributed by atoms with Crippen LogP contribution in [-0.4, -0.2) is 40.9 Å². The zero-order valence-corrected chi connectivity index (χ0v) is 11.5. The summed E-state index contributed by atoms with van der Waals surface area (Å²) in [6, 6.07) is 8.10. The first kappa shape index (κ1) is 12.7. The Morgan fingerprint density at radius 2 is 2.11 bits per heavy atom. The van der Waals surface area contributed by atoms with Gasteiger partial charge < -0.3 is 5.32 Å². The number of hydrogen-bond donors (Lipinski definition) is 1. The molecule has 1 aromatic carbocycles. The molecule has 1 aliphatic rings. The Morgan fingerprint density at radius 3 is 2.79 bits per heavy atom. The minimum atomic E-state index is 0.747. The Bertz CT molecular complexity index is 532. The third kappa shape index (κ3) is 2.97. The second-order valence-electron chi connectivity index (χ2n) is 4.76. The highest BCUT2D eigenvalue weighted by molar-refractivity contribution is 6.32. The molecule has 3 rings (SSSR count). The predicted octanol–water partition coefficient (Wildman–Crippen LogP) is 1.93. The van der Waals surface area contributed by atoms with Crippen molar-refractivity contribution in [1.29, 1.82) is 0 Å². The number of nitrogens with zero attached hydrogens (tertiary/aromatic N) is 3. The van der Waals surface area contributed by atoms with Gasteiger partial charge in [-0.15, -0.1) is 0 Å². The topological polar surface area (TPSA) is 33.1 Å². The summed E-state index contributed by atoms with van der Waals surface area (Å²) in [6.45, 7) is 5.29. The lowest BCUT2D eigenvalue weighted by atomic mass is 10.2. The first-order chi connectivity index (χ1) is 9.33. The molecule has 0 amide bonds. The van der Waals surface area contributed by atoms with Crippen molar-refractivity contribution >= 4 is 11.6 Å². The third-order valence-corrected chi connectivity index (χ3v) is 3.68. The van der Waals surface area contributed by atoms with Crippen molar-refractivity contribution in [3.63, 3.8) is 0 Å². The second-order valence-corrected chi connectivity index (χ2v) is 5.17. The molecule has 19 heavy (non-hydrogen) atoms. The second kappa shape index (κ2) is 5.74. The fourth-order valence-corrected chi connectivity index (χ4v) is 2.66. The maximum absolute atomic E-state index is 6.35. The molecule has 1 fully saturated rings. The van der Waals surface area contributed by atoms with Gasteiger partial charge in [0.1, 0.15) is 0 Å². The van der Waals surface area contributed by atoms with E-state index in [0.29, 0.717) is 0 Å². The molecule has 2 heterocycles. The largest absolute Gasteiger partial charge is 0.314 e. The van der Waals surface area contributed by atoms with Gasteiger partial charge >= 0.3 is 0 Å². The van der Waals surface area contributed by atoms with Crippen molar-refractivity contribution in [2.24, 2.45) is 0 Å². The molecule has 0 saturated carbocycles. The third-order valence-electron chi connectivity index (χ3n) is 3.38. The predicted molar refractivity (Wildman–Crippen MR) is 76.7 cm³/mol. The van der Waals surface area contributed by atoms with Crippen LogP contribution in [-0.2, 0) is 6.54 Å². The Hall–Kier alpha value is -1.36. The van der Waals surface area contributed by atoms with E-state index >= 15 is 0 Å². The minimum Gasteiger partial charge on any atom is -0.314 e. The molecular weight excluding hydrogens is 260 g/mol. The van der Waals surface area contributed by atoms with E-state index in [2.05, 4.69) is 21.4 Å². The lowest BCUT2D eigenvalue weighted by Crippen LogP contribution is -2.42. The van der Waals surface area contributed by atoms with E-state index in [9.17, 15) is 0 Å². The highest BCUT2D eigenvalue weighted by Gasteiger charge is 2.11. The van der Waals surface area contributed by atoms with Crippen LogP contribution < -0.4 is 5.32 Å². The number of nitrogens with one attached hydrogen (secondary N) is 1. The summed E-state index contributed by atoms with van der Waals surface area (Å²) in [4.78, 5) is 2.44. The Labute approximate surface area is 118 Å². The van der Waals surface area contributed by atoms with Gasteiger partial charge in [0.05, 0.1) is 10.7 Å². The number of hydrogen-bond acceptors (Lipinski definition) is 3. The lowest BCUT2D eigenvalue weighted by molar-refractivity contribution is 0.233. The van der Waals surface area contributed by atoms with Crippen molar-refractivity contribution in [3.05, 3.63) is 47.2 Å². The van der Waals surface area contributed by atoms with E-state index in [0.717, 1.165) is 43.4 Å². The zero-order chi connectivity index (χ0) is 13.1. The quantitative estimate of drug-likeness (QED) is 0.930. The van der Waals surface area contributed by atoms with Crippen molar-refractivity contribution < 1.29 is 0 Å². The van der Waals surface area contributed by atoms with Crippen molar-refractivity contribution in [2.45, 2.75) is 6.54 Å². The molecule has 1 saturated heterocycles. The van der Waals surface area contributed by atoms with Crippen molar-refractivity contribution in [1.82, 2.24) is 20.0 Å². The average Bonchev–Trinajstić information content (AvgIpc) is 2.94. The van der Waals surface area contributed by atoms with E-state index < -0.39 is 0 Å². The van der Waals surface area contributed by atoms with Crippen LogP contribution in [0.1, 0.15) is 5.56 Å². The Balaban J connectivity index is 1.75. The van der Waals surface area contributed by atoms with Gasteiger partial charge in [-0.25, -0.2) is 4.68 Å². The molecule has 0 bridgehead atoms. The van der Waals surface area contributed by atoms with Crippen molar-refractivity contribution in [3.8, 4) is 5.69 Å². The van der Waals surface area contributed by atoms with Crippen LogP contribution in [0.2, 0.25) is 5.02 Å². The summed E-state index contributed by atoms with van der Waals surface area (Å²) in [7, 11) is 0. The molecule has 0 spiro atoms. The van der Waals surface area contributed by atoms with Crippen LogP contribution in [0.25, 0.3) is 5.69 Å². The maximum atomic E-state index is 6.35. The smallest absolute Gasteiger partial charge is 0.0831 e. The lowest BCUT2D eigenvalue weighted by Gasteiger charge is -2.27. The molecule has 1 aromatic heterocycles. The number of benzene rings is 1. The first-order valence-electron chi connectivity index (χ1n) is 6.54. The summed E-state index contributed by atoms with van der Waals surface area (Å²) in [5.41, 5.74) is 2.18.